The Morgan fingerprint density at radius 2 is 1.80 bits per heavy atom. The molecule has 0 aliphatic carbocycles. The quantitative estimate of drug-likeness (QED) is 0.381. The Bertz CT molecular complexity index is 594. The molecule has 0 heterocycles. The van der Waals surface area contributed by atoms with Crippen molar-refractivity contribution in [1.29, 1.82) is 0 Å². The van der Waals surface area contributed by atoms with Crippen LogP contribution >= 0.6 is 11.8 Å². The van der Waals surface area contributed by atoms with Gasteiger partial charge in [0.25, 0.3) is 0 Å². The fraction of sp³-hybridized carbons (Fsp3) is 0.438. The van der Waals surface area contributed by atoms with E-state index in [0.717, 1.165) is 0 Å². The molecule has 1 rings (SSSR count). The molecule has 8 nitrogen and oxygen atoms in total. The maximum Gasteiger partial charge on any atom is 0.326 e. The summed E-state index contributed by atoms with van der Waals surface area (Å²) < 4.78 is 0. The van der Waals surface area contributed by atoms with Crippen molar-refractivity contribution in [3.63, 3.8) is 0 Å². The highest BCUT2D eigenvalue weighted by Crippen LogP contribution is 2.12. The first-order valence-electron chi connectivity index (χ1n) is 7.66. The maximum absolute atomic E-state index is 12.4. The summed E-state index contributed by atoms with van der Waals surface area (Å²) in [6.45, 7) is -0.251. The van der Waals surface area contributed by atoms with Crippen LogP contribution in [0.5, 0.6) is 5.75 Å². The number of thioether (sulfide) groups is 1. The highest BCUT2D eigenvalue weighted by atomic mass is 32.2. The SMILES string of the molecule is CSCC[C@H](NC(=O)CN)C(=O)N[C@@H](Cc1ccc(O)cc1)C(=O)O. The van der Waals surface area contributed by atoms with E-state index in [9.17, 15) is 24.6 Å². The van der Waals surface area contributed by atoms with Crippen molar-refractivity contribution in [3.05, 3.63) is 29.8 Å². The number of amides is 2. The number of carboxylic acid groups (broad SMARTS) is 1. The first kappa shape index (κ1) is 20.8. The van der Waals surface area contributed by atoms with Crippen molar-refractivity contribution in [2.45, 2.75) is 24.9 Å². The zero-order chi connectivity index (χ0) is 18.8. The highest BCUT2D eigenvalue weighted by Gasteiger charge is 2.26. The van der Waals surface area contributed by atoms with Crippen molar-refractivity contribution in [1.82, 2.24) is 10.6 Å². The molecule has 25 heavy (non-hydrogen) atoms. The van der Waals surface area contributed by atoms with Crippen LogP contribution in [0, 0.1) is 0 Å². The van der Waals surface area contributed by atoms with Gasteiger partial charge in [-0.05, 0) is 36.1 Å². The van der Waals surface area contributed by atoms with Gasteiger partial charge in [0.15, 0.2) is 0 Å². The molecule has 2 atom stereocenters. The highest BCUT2D eigenvalue weighted by molar-refractivity contribution is 7.98. The molecule has 2 amide bonds. The van der Waals surface area contributed by atoms with E-state index in [1.807, 2.05) is 6.26 Å². The van der Waals surface area contributed by atoms with E-state index in [1.165, 1.54) is 23.9 Å². The van der Waals surface area contributed by atoms with Gasteiger partial charge in [0, 0.05) is 6.42 Å². The zero-order valence-electron chi connectivity index (χ0n) is 13.9. The number of nitrogens with two attached hydrogens (primary N) is 1. The van der Waals surface area contributed by atoms with Crippen LogP contribution in [-0.2, 0) is 20.8 Å². The number of hydrogen-bond acceptors (Lipinski definition) is 6. The van der Waals surface area contributed by atoms with Crippen LogP contribution in [-0.4, -0.2) is 58.6 Å². The van der Waals surface area contributed by atoms with Gasteiger partial charge in [-0.1, -0.05) is 12.1 Å². The van der Waals surface area contributed by atoms with Crippen LogP contribution in [0.4, 0.5) is 0 Å². The van der Waals surface area contributed by atoms with E-state index < -0.39 is 29.9 Å². The molecule has 1 aromatic carbocycles. The largest absolute Gasteiger partial charge is 0.508 e. The lowest BCUT2D eigenvalue weighted by Crippen LogP contribution is -2.53. The Kier molecular flexibility index (Phi) is 8.79. The van der Waals surface area contributed by atoms with Crippen LogP contribution in [0.1, 0.15) is 12.0 Å². The van der Waals surface area contributed by atoms with Crippen molar-refractivity contribution < 1.29 is 24.6 Å². The van der Waals surface area contributed by atoms with Crippen molar-refractivity contribution in [2.75, 3.05) is 18.6 Å². The molecule has 0 aromatic heterocycles. The number of nitrogens with one attached hydrogen (secondary N) is 2. The summed E-state index contributed by atoms with van der Waals surface area (Å²) in [7, 11) is 0. The molecule has 1 aromatic rings. The second kappa shape index (κ2) is 10.6. The minimum atomic E-state index is -1.19. The van der Waals surface area contributed by atoms with E-state index in [-0.39, 0.29) is 18.7 Å². The smallest absolute Gasteiger partial charge is 0.326 e. The molecule has 0 bridgehead atoms. The van der Waals surface area contributed by atoms with Crippen LogP contribution < -0.4 is 16.4 Å². The van der Waals surface area contributed by atoms with E-state index >= 15 is 0 Å². The number of carbonyl (C=O) groups excluding carboxylic acids is 2. The third-order valence-corrected chi connectivity index (χ3v) is 4.08. The first-order valence-corrected chi connectivity index (χ1v) is 9.06. The zero-order valence-corrected chi connectivity index (χ0v) is 14.7. The molecule has 0 unspecified atom stereocenters. The lowest BCUT2D eigenvalue weighted by Gasteiger charge is -2.21. The van der Waals surface area contributed by atoms with Crippen LogP contribution in [0.15, 0.2) is 24.3 Å². The minimum absolute atomic E-state index is 0.0570. The van der Waals surface area contributed by atoms with Crippen molar-refractivity contribution >= 4 is 29.5 Å². The molecule has 0 aliphatic heterocycles. The van der Waals surface area contributed by atoms with Gasteiger partial charge in [0.2, 0.25) is 11.8 Å². The topological polar surface area (TPSA) is 142 Å². The van der Waals surface area contributed by atoms with Crippen molar-refractivity contribution in [2.24, 2.45) is 5.73 Å². The molecule has 0 radical (unpaired) electrons. The van der Waals surface area contributed by atoms with Crippen LogP contribution in [0.25, 0.3) is 0 Å². The Morgan fingerprint density at radius 1 is 1.16 bits per heavy atom. The Hall–Kier alpha value is -2.26. The summed E-state index contributed by atoms with van der Waals surface area (Å²) in [6, 6.07) is 4.06. The summed E-state index contributed by atoms with van der Waals surface area (Å²) in [6.07, 6.45) is 2.29. The van der Waals surface area contributed by atoms with Gasteiger partial charge in [-0.25, -0.2) is 4.79 Å². The number of phenolic OH excluding ortho intramolecular Hbond substituents is 1. The monoisotopic (exact) mass is 369 g/mol. The van der Waals surface area contributed by atoms with Gasteiger partial charge in [-0.15, -0.1) is 0 Å². The van der Waals surface area contributed by atoms with Crippen LogP contribution in [0.2, 0.25) is 0 Å². The summed E-state index contributed by atoms with van der Waals surface area (Å²) in [5, 5.41) is 23.6. The lowest BCUT2D eigenvalue weighted by molar-refractivity contribution is -0.142. The number of carbonyl (C=O) groups is 3. The van der Waals surface area contributed by atoms with E-state index in [1.54, 1.807) is 12.1 Å². The van der Waals surface area contributed by atoms with Gasteiger partial charge in [-0.2, -0.15) is 11.8 Å². The molecule has 138 valence electrons. The Labute approximate surface area is 150 Å². The number of carboxylic acids is 1. The second-order valence-corrected chi connectivity index (χ2v) is 6.36. The second-order valence-electron chi connectivity index (χ2n) is 5.38. The molecule has 0 aliphatic rings. The predicted octanol–water partition coefficient (Wildman–Crippen LogP) is -0.299. The summed E-state index contributed by atoms with van der Waals surface area (Å²) in [5.41, 5.74) is 5.90. The third-order valence-electron chi connectivity index (χ3n) is 3.44. The number of hydrogen-bond donors (Lipinski definition) is 5. The standard InChI is InChI=1S/C16H23N3O5S/c1-25-7-6-12(18-14(21)9-17)15(22)19-13(16(23)24)8-10-2-4-11(20)5-3-10/h2-5,12-13,20H,6-9,17H2,1H3,(H,18,21)(H,19,22)(H,23,24)/t12-,13-/m0/s1. The van der Waals surface area contributed by atoms with Gasteiger partial charge >= 0.3 is 5.97 Å². The molecule has 0 fully saturated rings. The fourth-order valence-electron chi connectivity index (χ4n) is 2.10. The number of benzene rings is 1. The number of aromatic hydroxyl groups is 1. The minimum Gasteiger partial charge on any atom is -0.508 e. The first-order chi connectivity index (χ1) is 11.9. The van der Waals surface area contributed by atoms with Crippen LogP contribution in [0.3, 0.4) is 0 Å². The van der Waals surface area contributed by atoms with Gasteiger partial charge in [0.1, 0.15) is 17.8 Å². The summed E-state index contributed by atoms with van der Waals surface area (Å²) in [4.78, 5) is 35.3. The molecule has 0 saturated carbocycles. The molecule has 0 spiro atoms. The van der Waals surface area contributed by atoms with Gasteiger partial charge < -0.3 is 26.6 Å². The number of aliphatic carboxylic acids is 1. The predicted molar refractivity (Wildman–Crippen MR) is 95.4 cm³/mol. The fourth-order valence-corrected chi connectivity index (χ4v) is 2.57. The van der Waals surface area contributed by atoms with Crippen molar-refractivity contribution in [3.8, 4) is 5.75 Å². The molecule has 0 saturated heterocycles. The van der Waals surface area contributed by atoms with Gasteiger partial charge in [-0.3, -0.25) is 9.59 Å². The number of phenols is 1. The average molecular weight is 369 g/mol. The summed E-state index contributed by atoms with van der Waals surface area (Å²) >= 11 is 1.51. The third kappa shape index (κ3) is 7.44. The lowest BCUT2D eigenvalue weighted by atomic mass is 10.0. The summed E-state index contributed by atoms with van der Waals surface area (Å²) in [5.74, 6) is -1.54. The molecular formula is C16H23N3O5S. The molecule has 9 heteroatoms. The Morgan fingerprint density at radius 3 is 2.32 bits per heavy atom. The van der Waals surface area contributed by atoms with E-state index in [4.69, 9.17) is 5.73 Å². The van der Waals surface area contributed by atoms with Gasteiger partial charge in [0.05, 0.1) is 6.54 Å². The van der Waals surface area contributed by atoms with E-state index in [2.05, 4.69) is 10.6 Å². The number of rotatable bonds is 10. The normalized spacial score (nSPS) is 12.9. The van der Waals surface area contributed by atoms with E-state index in [0.29, 0.717) is 17.7 Å². The maximum atomic E-state index is 12.4. The molecular weight excluding hydrogens is 346 g/mol. The Balaban J connectivity index is 2.78. The average Bonchev–Trinajstić information content (AvgIpc) is 2.59. The molecule has 6 N–H and O–H groups in total.